The van der Waals surface area contributed by atoms with E-state index in [0.717, 1.165) is 13.0 Å². The minimum atomic E-state index is -2.89. The summed E-state index contributed by atoms with van der Waals surface area (Å²) in [6, 6.07) is 4.95. The average Bonchev–Trinajstić information content (AvgIpc) is 2.60. The van der Waals surface area contributed by atoms with Crippen LogP contribution in [-0.4, -0.2) is 44.3 Å². The Bertz CT molecular complexity index is 551. The predicted molar refractivity (Wildman–Crippen MR) is 115 cm³/mol. The zero-order valence-corrected chi connectivity index (χ0v) is 18.7. The van der Waals surface area contributed by atoms with Crippen molar-refractivity contribution in [2.75, 3.05) is 26.5 Å². The second-order valence-corrected chi connectivity index (χ2v) is 6.63. The van der Waals surface area contributed by atoms with Crippen LogP contribution < -0.4 is 20.1 Å². The number of nitrogens with one attached hydrogen (secondary N) is 2. The molecule has 0 spiro atoms. The Morgan fingerprint density at radius 2 is 2.04 bits per heavy atom. The first-order valence-corrected chi connectivity index (χ1v) is 9.46. The fourth-order valence-electron chi connectivity index (χ4n) is 1.92. The van der Waals surface area contributed by atoms with E-state index in [-0.39, 0.29) is 29.7 Å². The third kappa shape index (κ3) is 9.65. The number of hydrogen-bond donors (Lipinski definition) is 2. The Morgan fingerprint density at radius 3 is 2.62 bits per heavy atom. The van der Waals surface area contributed by atoms with E-state index in [2.05, 4.69) is 27.3 Å². The lowest BCUT2D eigenvalue weighted by atomic mass is 10.2. The van der Waals surface area contributed by atoms with Gasteiger partial charge in [-0.2, -0.15) is 20.5 Å². The molecule has 0 aliphatic heterocycles. The van der Waals surface area contributed by atoms with Gasteiger partial charge in [-0.05, 0) is 24.8 Å². The van der Waals surface area contributed by atoms with Gasteiger partial charge in [0.2, 0.25) is 0 Å². The van der Waals surface area contributed by atoms with Crippen molar-refractivity contribution in [3.8, 4) is 11.5 Å². The molecule has 0 aromatic heterocycles. The Balaban J connectivity index is 0.00000625. The number of ether oxygens (including phenoxy) is 2. The van der Waals surface area contributed by atoms with Crippen LogP contribution in [0.25, 0.3) is 0 Å². The Morgan fingerprint density at radius 1 is 1.31 bits per heavy atom. The van der Waals surface area contributed by atoms with Gasteiger partial charge in [-0.15, -0.1) is 24.0 Å². The van der Waals surface area contributed by atoms with Gasteiger partial charge in [0.25, 0.3) is 0 Å². The summed E-state index contributed by atoms with van der Waals surface area (Å²) in [5.41, 5.74) is 0.602. The predicted octanol–water partition coefficient (Wildman–Crippen LogP) is 4.11. The van der Waals surface area contributed by atoms with Gasteiger partial charge in [0.1, 0.15) is 11.5 Å². The molecule has 150 valence electrons. The van der Waals surface area contributed by atoms with E-state index in [1.807, 2.05) is 13.2 Å². The maximum Gasteiger partial charge on any atom is 0.387 e. The molecule has 26 heavy (non-hydrogen) atoms. The van der Waals surface area contributed by atoms with Crippen LogP contribution in [0.2, 0.25) is 0 Å². The molecule has 1 atom stereocenters. The number of guanidine groups is 1. The van der Waals surface area contributed by atoms with Crippen LogP contribution in [0.3, 0.4) is 0 Å². The quantitative estimate of drug-likeness (QED) is 0.286. The molecule has 0 aliphatic rings. The van der Waals surface area contributed by atoms with Crippen LogP contribution in [0.1, 0.15) is 25.8 Å². The van der Waals surface area contributed by atoms with Crippen LogP contribution >= 0.6 is 35.7 Å². The van der Waals surface area contributed by atoms with Gasteiger partial charge < -0.3 is 20.1 Å². The lowest BCUT2D eigenvalue weighted by Crippen LogP contribution is -2.39. The minimum absolute atomic E-state index is 0. The highest BCUT2D eigenvalue weighted by Gasteiger charge is 2.12. The number of nitrogens with zero attached hydrogens (tertiary/aromatic N) is 1. The van der Waals surface area contributed by atoms with Gasteiger partial charge >= 0.3 is 6.61 Å². The van der Waals surface area contributed by atoms with Gasteiger partial charge in [0.15, 0.2) is 5.96 Å². The standard InChI is InChI=1S/C17H27F2N3O2S.HI/c1-5-8-23-14-7-6-13(15(9-14)24-16(18)19)11-22-17(20-3)21-10-12(2)25-4;/h6-7,9,12,16H,5,8,10-11H2,1-4H3,(H2,20,21,22);1H. The highest BCUT2D eigenvalue weighted by Crippen LogP contribution is 2.26. The second-order valence-electron chi connectivity index (χ2n) is 5.35. The third-order valence-corrected chi connectivity index (χ3v) is 4.33. The van der Waals surface area contributed by atoms with E-state index >= 15 is 0 Å². The molecule has 1 aromatic carbocycles. The molecule has 0 radical (unpaired) electrons. The van der Waals surface area contributed by atoms with E-state index in [1.165, 1.54) is 6.07 Å². The molecule has 9 heteroatoms. The first kappa shape index (κ1) is 25.0. The highest BCUT2D eigenvalue weighted by molar-refractivity contribution is 14.0. The number of alkyl halides is 2. The zero-order valence-electron chi connectivity index (χ0n) is 15.6. The van der Waals surface area contributed by atoms with Crippen molar-refractivity contribution in [3.63, 3.8) is 0 Å². The first-order valence-electron chi connectivity index (χ1n) is 8.18. The molecule has 0 saturated carbocycles. The normalized spacial score (nSPS) is 12.3. The minimum Gasteiger partial charge on any atom is -0.493 e. The lowest BCUT2D eigenvalue weighted by molar-refractivity contribution is -0.0505. The molecule has 1 rings (SSSR count). The molecule has 0 bridgehead atoms. The Kier molecular flexibility index (Phi) is 13.6. The van der Waals surface area contributed by atoms with E-state index in [4.69, 9.17) is 4.74 Å². The van der Waals surface area contributed by atoms with Crippen molar-refractivity contribution in [1.82, 2.24) is 10.6 Å². The number of aliphatic imine (C=N–C) groups is 1. The maximum absolute atomic E-state index is 12.7. The molecule has 0 amide bonds. The molecule has 5 nitrogen and oxygen atoms in total. The van der Waals surface area contributed by atoms with Crippen molar-refractivity contribution < 1.29 is 18.3 Å². The SMILES string of the molecule is CCCOc1ccc(CNC(=NC)NCC(C)SC)c(OC(F)F)c1.I. The highest BCUT2D eigenvalue weighted by atomic mass is 127. The van der Waals surface area contributed by atoms with E-state index < -0.39 is 6.61 Å². The first-order chi connectivity index (χ1) is 12.0. The molecule has 0 aliphatic carbocycles. The smallest absolute Gasteiger partial charge is 0.387 e. The summed E-state index contributed by atoms with van der Waals surface area (Å²) in [4.78, 5) is 4.13. The van der Waals surface area contributed by atoms with Gasteiger partial charge in [-0.3, -0.25) is 4.99 Å². The maximum atomic E-state index is 12.7. The molecule has 0 fully saturated rings. The van der Waals surface area contributed by atoms with Crippen molar-refractivity contribution in [1.29, 1.82) is 0 Å². The third-order valence-electron chi connectivity index (χ3n) is 3.36. The van der Waals surface area contributed by atoms with Gasteiger partial charge in [0, 0.05) is 37.0 Å². The summed E-state index contributed by atoms with van der Waals surface area (Å²) in [6.45, 7) is 2.78. The molecule has 1 aromatic rings. The van der Waals surface area contributed by atoms with E-state index in [9.17, 15) is 8.78 Å². The lowest BCUT2D eigenvalue weighted by Gasteiger charge is -2.17. The Hall–Kier alpha value is -0.970. The number of rotatable bonds is 10. The summed E-state index contributed by atoms with van der Waals surface area (Å²) < 4.78 is 35.5. The molecular formula is C17H28F2IN3O2S. The van der Waals surface area contributed by atoms with Crippen molar-refractivity contribution in [2.45, 2.75) is 38.7 Å². The van der Waals surface area contributed by atoms with Crippen molar-refractivity contribution in [3.05, 3.63) is 23.8 Å². The summed E-state index contributed by atoms with van der Waals surface area (Å²) >= 11 is 1.75. The van der Waals surface area contributed by atoms with Crippen LogP contribution in [0.5, 0.6) is 11.5 Å². The van der Waals surface area contributed by atoms with Crippen molar-refractivity contribution >= 4 is 41.7 Å². The monoisotopic (exact) mass is 503 g/mol. The zero-order chi connectivity index (χ0) is 18.7. The molecular weight excluding hydrogens is 475 g/mol. The summed E-state index contributed by atoms with van der Waals surface area (Å²) in [5, 5.41) is 6.74. The largest absolute Gasteiger partial charge is 0.493 e. The van der Waals surface area contributed by atoms with Crippen molar-refractivity contribution in [2.24, 2.45) is 4.99 Å². The topological polar surface area (TPSA) is 54.9 Å². The summed E-state index contributed by atoms with van der Waals surface area (Å²) in [6.07, 6.45) is 2.88. The number of thioether (sulfide) groups is 1. The Labute approximate surface area is 175 Å². The average molecular weight is 503 g/mol. The van der Waals surface area contributed by atoms with Crippen LogP contribution in [0.4, 0.5) is 8.78 Å². The molecule has 0 heterocycles. The number of halogens is 3. The second kappa shape index (κ2) is 14.1. The molecule has 1 unspecified atom stereocenters. The van der Waals surface area contributed by atoms with E-state index in [0.29, 0.717) is 35.7 Å². The number of benzene rings is 1. The summed E-state index contributed by atoms with van der Waals surface area (Å²) in [7, 11) is 1.66. The fraction of sp³-hybridized carbons (Fsp3) is 0.588. The number of hydrogen-bond acceptors (Lipinski definition) is 4. The van der Waals surface area contributed by atoms with Gasteiger partial charge in [-0.1, -0.05) is 13.8 Å². The van der Waals surface area contributed by atoms with E-state index in [1.54, 1.807) is 30.9 Å². The summed E-state index contributed by atoms with van der Waals surface area (Å²) in [5.74, 6) is 1.22. The van der Waals surface area contributed by atoms with Crippen LogP contribution in [-0.2, 0) is 6.54 Å². The van der Waals surface area contributed by atoms with Gasteiger partial charge in [-0.25, -0.2) is 0 Å². The molecule has 0 saturated heterocycles. The van der Waals surface area contributed by atoms with Gasteiger partial charge in [0.05, 0.1) is 6.61 Å². The fourth-order valence-corrected chi connectivity index (χ4v) is 2.17. The molecule has 2 N–H and O–H groups in total. The van der Waals surface area contributed by atoms with Crippen LogP contribution in [0.15, 0.2) is 23.2 Å². The van der Waals surface area contributed by atoms with Crippen LogP contribution in [0, 0.1) is 0 Å².